The molecule has 12 rings (SSSR count). The molecule has 756 valence electrons. The summed E-state index contributed by atoms with van der Waals surface area (Å²) in [6.45, 7) is 23.2. The van der Waals surface area contributed by atoms with Crippen LogP contribution in [-0.2, 0) is 57.5 Å². The minimum atomic E-state index is -1.07. The fourth-order valence-electron chi connectivity index (χ4n) is 15.8. The molecule has 0 aliphatic carbocycles. The summed E-state index contributed by atoms with van der Waals surface area (Å²) in [7, 11) is 3.50. The van der Waals surface area contributed by atoms with Crippen molar-refractivity contribution in [2.24, 2.45) is 11.8 Å². The molecule has 0 radical (unpaired) electrons. The molecule has 35 heteroatoms. The quantitative estimate of drug-likeness (QED) is 0.0189. The van der Waals surface area contributed by atoms with E-state index in [-0.39, 0.29) is 142 Å². The first-order chi connectivity index (χ1) is 67.1. The molecule has 140 heavy (non-hydrogen) atoms. The molecule has 1 unspecified atom stereocenters. The highest BCUT2D eigenvalue weighted by Gasteiger charge is 2.38. The number of Topliss-reactive ketones (excluding diaryl/α,β-unsaturated/α-hetero) is 2. The Morgan fingerprint density at radius 2 is 0.464 bits per heavy atom. The van der Waals surface area contributed by atoms with E-state index in [1.807, 2.05) is 192 Å². The van der Waals surface area contributed by atoms with E-state index in [9.17, 15) is 93.3 Å². The maximum atomic E-state index is 13.0. The maximum absolute atomic E-state index is 13.0. The van der Waals surface area contributed by atoms with E-state index < -0.39 is 35.8 Å². The van der Waals surface area contributed by atoms with Gasteiger partial charge in [0.25, 0.3) is 23.6 Å². The SMILES string of the molecule is CCCC(CC(=O)C1=C(C(=O)O)SCCS1)[C@@H](C)c1ccccc1.CCCN(C(=O)C1=C(C(=O)O)SCCS1)[C@H](C)c1ccccc1.CCC[C@H](CC(=O)C1=C(C(=O)O)SCCS1)[C@@H](C)c1ccccc1.C[C@@H](c1ccccc1)N(CCO)C(=O)C1=C(C(=O)O)SCCS1.C[C@H](c1ccccc1)[C@@H](C)N(C)C(=O)C1=C(C(=O)O)SCCS1.C[C@H](c1ccccc1)[C@H](C)N(C)C(=O)C1=C(C(=O)O)SCCS1. The molecular formula is C105H130N4O19S12. The Kier molecular flexibility index (Phi) is 53.2. The van der Waals surface area contributed by atoms with Gasteiger partial charge in [0.05, 0.1) is 48.1 Å². The number of allylic oxidation sites excluding steroid dienone is 2. The van der Waals surface area contributed by atoms with Crippen LogP contribution in [0.3, 0.4) is 0 Å². The molecule has 6 aliphatic rings. The Morgan fingerprint density at radius 1 is 0.264 bits per heavy atom. The summed E-state index contributed by atoms with van der Waals surface area (Å²) in [6.07, 6.45) is 5.64. The molecule has 7 N–H and O–H groups in total. The van der Waals surface area contributed by atoms with Gasteiger partial charge in [-0.2, -0.15) is 0 Å². The lowest BCUT2D eigenvalue weighted by Crippen LogP contribution is -2.39. The molecule has 6 aromatic carbocycles. The van der Waals surface area contributed by atoms with Crippen LogP contribution in [-0.4, -0.2) is 241 Å². The Balaban J connectivity index is 0.000000228. The van der Waals surface area contributed by atoms with Crippen molar-refractivity contribution in [2.45, 2.75) is 169 Å². The number of rotatable bonds is 38. The lowest BCUT2D eigenvalue weighted by atomic mass is 9.81. The molecule has 0 spiro atoms. The third-order valence-electron chi connectivity index (χ3n) is 24.2. The highest BCUT2D eigenvalue weighted by Crippen LogP contribution is 2.45. The number of aliphatic hydroxyl groups excluding tert-OH is 1. The number of hydrogen-bond donors (Lipinski definition) is 7. The highest BCUT2D eigenvalue weighted by atomic mass is 32.2. The number of carbonyl (C=O) groups is 12. The highest BCUT2D eigenvalue weighted by molar-refractivity contribution is 8.13. The molecule has 0 bridgehead atoms. The number of thioether (sulfide) groups is 12. The molecule has 0 fully saturated rings. The molecule has 0 saturated heterocycles. The van der Waals surface area contributed by atoms with Crippen molar-refractivity contribution in [2.75, 3.05) is 103 Å². The summed E-state index contributed by atoms with van der Waals surface area (Å²) in [4.78, 5) is 155. The van der Waals surface area contributed by atoms with Gasteiger partial charge in [0, 0.05) is 133 Å². The van der Waals surface area contributed by atoms with Crippen molar-refractivity contribution in [3.63, 3.8) is 0 Å². The number of carboxylic acids is 6. The van der Waals surface area contributed by atoms with Crippen molar-refractivity contribution >= 4 is 212 Å². The van der Waals surface area contributed by atoms with Crippen LogP contribution in [0.4, 0.5) is 0 Å². The Hall–Kier alpha value is -8.04. The number of aliphatic hydroxyl groups is 1. The largest absolute Gasteiger partial charge is 0.477 e. The summed E-state index contributed by atoms with van der Waals surface area (Å²) in [5, 5.41) is 65.3. The van der Waals surface area contributed by atoms with Crippen LogP contribution < -0.4 is 0 Å². The van der Waals surface area contributed by atoms with Gasteiger partial charge >= 0.3 is 35.8 Å². The molecule has 4 amide bonds. The van der Waals surface area contributed by atoms with Gasteiger partial charge < -0.3 is 55.3 Å². The zero-order chi connectivity index (χ0) is 103. The standard InChI is InChI=1S/2C19H24O3S2.3C17H21NO3S2.C16H19NO4S2/c2*1-3-7-15(13(2)14-8-5-4-6-9-14)12-16(20)17-18(19(21)22)24-11-10-23-17;2*1-11(13-7-5-4-6-8-13)12(2)18(3)16(19)14-15(17(20)21)23-10-9-22-14;1-3-9-18(12(2)13-7-5-4-6-8-13)16(19)14-15(17(20)21)23-11-10-22-14;1-11(12-5-3-2-4-6-12)17(7-8-18)15(19)13-14(16(20)21)23-10-9-22-13/h2*4-6,8-9,13,15H,3,7,10-12H2,1-2H3,(H,21,22);2*4-8,11-12H,9-10H2,1-3H3,(H,20,21);4-8,12H,3,9-11H2,1-2H3,(H,20,21);2-6,11,18H,7-10H2,1H3,(H,20,21)/t13-,15?;13-,15+;11-,12+;11-,12-;12-;11-/m000010/s1. The minimum absolute atomic E-state index is 0.00849. The predicted octanol–water partition coefficient (Wildman–Crippen LogP) is 22.8. The van der Waals surface area contributed by atoms with Crippen LogP contribution >= 0.6 is 141 Å². The molecule has 23 nitrogen and oxygen atoms in total. The normalized spacial score (nSPS) is 17.0. The first kappa shape index (κ1) is 119. The van der Waals surface area contributed by atoms with Crippen LogP contribution in [0.15, 0.2) is 241 Å². The Bertz CT molecular complexity index is 5020. The van der Waals surface area contributed by atoms with Crippen LogP contribution in [0.2, 0.25) is 0 Å². The lowest BCUT2D eigenvalue weighted by Gasteiger charge is -2.31. The van der Waals surface area contributed by atoms with Gasteiger partial charge in [-0.3, -0.25) is 28.8 Å². The third-order valence-corrected chi connectivity index (χ3v) is 39.5. The molecule has 6 heterocycles. The third kappa shape index (κ3) is 35.7. The van der Waals surface area contributed by atoms with Crippen molar-refractivity contribution in [1.82, 2.24) is 19.6 Å². The lowest BCUT2D eigenvalue weighted by molar-refractivity contribution is -0.133. The van der Waals surface area contributed by atoms with Crippen molar-refractivity contribution < 1.29 is 93.3 Å². The van der Waals surface area contributed by atoms with Crippen LogP contribution in [0.5, 0.6) is 0 Å². The first-order valence-electron chi connectivity index (χ1n) is 46.6. The second-order valence-electron chi connectivity index (χ2n) is 33.3. The van der Waals surface area contributed by atoms with Gasteiger partial charge in [-0.1, -0.05) is 243 Å². The number of ketones is 2. The van der Waals surface area contributed by atoms with E-state index in [0.29, 0.717) is 55.4 Å². The van der Waals surface area contributed by atoms with Crippen LogP contribution in [0.1, 0.15) is 190 Å². The smallest absolute Gasteiger partial charge is 0.343 e. The van der Waals surface area contributed by atoms with E-state index in [2.05, 4.69) is 65.8 Å². The second-order valence-corrected chi connectivity index (χ2v) is 46.6. The summed E-state index contributed by atoms with van der Waals surface area (Å²) < 4.78 is 0. The maximum Gasteiger partial charge on any atom is 0.343 e. The van der Waals surface area contributed by atoms with Crippen molar-refractivity contribution in [3.8, 4) is 0 Å². The number of aliphatic carboxylic acids is 6. The van der Waals surface area contributed by atoms with Gasteiger partial charge in [0.2, 0.25) is 0 Å². The van der Waals surface area contributed by atoms with Crippen LogP contribution in [0.25, 0.3) is 0 Å². The topological polar surface area (TPSA) is 359 Å². The summed E-state index contributed by atoms with van der Waals surface area (Å²) in [5.41, 5.74) is 6.81. The van der Waals surface area contributed by atoms with Crippen LogP contribution in [0, 0.1) is 11.8 Å². The molecule has 6 aliphatic heterocycles. The molecular weight excluding hydrogens is 2010 g/mol. The summed E-state index contributed by atoms with van der Waals surface area (Å²) >= 11 is 15.7. The molecule has 6 aromatic rings. The number of carbonyl (C=O) groups excluding carboxylic acids is 6. The number of likely N-dealkylation sites (N-methyl/N-ethyl adjacent to an activating group) is 2. The van der Waals surface area contributed by atoms with E-state index in [0.717, 1.165) is 112 Å². The van der Waals surface area contributed by atoms with Gasteiger partial charge in [-0.05, 0) is 104 Å². The zero-order valence-electron chi connectivity index (χ0n) is 81.4. The fourth-order valence-corrected chi connectivity index (χ4v) is 29.3. The average Bonchev–Trinajstić information content (AvgIpc) is 0.839. The number of amides is 4. The number of benzene rings is 6. The Morgan fingerprint density at radius 3 is 0.686 bits per heavy atom. The number of hydrogen-bond acceptors (Lipinski definition) is 25. The van der Waals surface area contributed by atoms with E-state index in [1.165, 1.54) is 157 Å². The first-order valence-corrected chi connectivity index (χ1v) is 58.4. The monoisotopic (exact) mass is 2130 g/mol. The summed E-state index contributed by atoms with van der Waals surface area (Å²) in [5.74, 6) is 3.37. The number of nitrogens with zero attached hydrogens (tertiary/aromatic N) is 4. The Labute approximate surface area is 875 Å². The van der Waals surface area contributed by atoms with E-state index in [4.69, 9.17) is 0 Å². The summed E-state index contributed by atoms with van der Waals surface area (Å²) in [6, 6.07) is 59.5. The van der Waals surface area contributed by atoms with Crippen molar-refractivity contribution in [1.29, 1.82) is 0 Å². The van der Waals surface area contributed by atoms with E-state index >= 15 is 0 Å². The predicted molar refractivity (Wildman–Crippen MR) is 588 cm³/mol. The van der Waals surface area contributed by atoms with Gasteiger partial charge in [-0.25, -0.2) is 28.8 Å². The van der Waals surface area contributed by atoms with Gasteiger partial charge in [0.1, 0.15) is 29.4 Å². The molecule has 10 atom stereocenters. The fraction of sp³-hybridized carbons (Fsp3) is 0.429. The van der Waals surface area contributed by atoms with E-state index in [1.54, 1.807) is 28.8 Å². The van der Waals surface area contributed by atoms with Gasteiger partial charge in [-0.15, -0.1) is 141 Å². The second kappa shape index (κ2) is 62.6. The molecule has 0 saturated carbocycles. The van der Waals surface area contributed by atoms with Gasteiger partial charge in [0.15, 0.2) is 11.6 Å². The minimum Gasteiger partial charge on any atom is -0.477 e. The average molecular weight is 2140 g/mol. The van der Waals surface area contributed by atoms with Crippen molar-refractivity contribution in [3.05, 3.63) is 274 Å². The number of carboxylic acid groups (broad SMARTS) is 6. The molecule has 0 aromatic heterocycles. The zero-order valence-corrected chi connectivity index (χ0v) is 91.2.